The molecule has 0 spiro atoms. The molecule has 0 aliphatic rings. The number of phenols is 1. The van der Waals surface area contributed by atoms with Gasteiger partial charge < -0.3 is 15.3 Å². The first-order chi connectivity index (χ1) is 12.9. The molecule has 0 saturated carbocycles. The van der Waals surface area contributed by atoms with Gasteiger partial charge >= 0.3 is 0 Å². The Kier molecular flexibility index (Phi) is 7.80. The second-order valence-corrected chi connectivity index (χ2v) is 6.67. The van der Waals surface area contributed by atoms with Crippen molar-refractivity contribution in [2.45, 2.75) is 25.9 Å². The molecule has 0 fully saturated rings. The van der Waals surface area contributed by atoms with E-state index >= 15 is 0 Å². The number of aliphatic hydroxyl groups is 2. The fourth-order valence-corrected chi connectivity index (χ4v) is 3.02. The molecule has 2 aromatic rings. The molecule has 1 aromatic carbocycles. The Balaban J connectivity index is 2.30. The Morgan fingerprint density at radius 1 is 1.30 bits per heavy atom. The highest BCUT2D eigenvalue weighted by Crippen LogP contribution is 2.29. The van der Waals surface area contributed by atoms with Gasteiger partial charge in [-0.05, 0) is 72.9 Å². The van der Waals surface area contributed by atoms with Crippen LogP contribution in [0.25, 0.3) is 11.6 Å². The quantitative estimate of drug-likeness (QED) is 0.580. The Labute approximate surface area is 164 Å². The number of hydrogen-bond acceptors (Lipinski definition) is 4. The third kappa shape index (κ3) is 6.07. The number of aromatic hydroxyl groups is 1. The number of allylic oxidation sites excluding steroid dienone is 1. The average molecular weight is 386 g/mol. The number of nitrogens with zero attached hydrogens (tertiary/aromatic N) is 1. The van der Waals surface area contributed by atoms with E-state index in [9.17, 15) is 10.2 Å². The third-order valence-electron chi connectivity index (χ3n) is 4.16. The van der Waals surface area contributed by atoms with Crippen LogP contribution in [-0.4, -0.2) is 33.0 Å². The summed E-state index contributed by atoms with van der Waals surface area (Å²) in [7, 11) is 0. The van der Waals surface area contributed by atoms with Gasteiger partial charge in [0.1, 0.15) is 5.75 Å². The highest BCUT2D eigenvalue weighted by molar-refractivity contribution is 6.32. The average Bonchev–Trinajstić information content (AvgIpc) is 2.65. The number of phenolic OH excluding ortho intramolecular Hbond substituents is 1. The maximum absolute atomic E-state index is 10.5. The van der Waals surface area contributed by atoms with Crippen LogP contribution in [0.2, 0.25) is 5.02 Å². The first-order valence-electron chi connectivity index (χ1n) is 8.67. The molecular formula is C22H24ClNO3. The molecule has 0 saturated heterocycles. The molecule has 1 heterocycles. The Hall–Kier alpha value is -2.40. The van der Waals surface area contributed by atoms with Gasteiger partial charge in [0.05, 0.1) is 23.4 Å². The SMILES string of the molecule is C=C(C)/C(=C/CO)C(O)CC/C(=C/c1ccc(O)cc1Cl)c1ccccn1. The second kappa shape index (κ2) is 10.1. The number of aromatic nitrogens is 1. The van der Waals surface area contributed by atoms with E-state index in [-0.39, 0.29) is 12.4 Å². The van der Waals surface area contributed by atoms with Crippen LogP contribution in [0.15, 0.2) is 66.4 Å². The number of rotatable bonds is 8. The number of halogens is 1. The lowest BCUT2D eigenvalue weighted by Gasteiger charge is -2.16. The van der Waals surface area contributed by atoms with Gasteiger partial charge in [-0.2, -0.15) is 0 Å². The number of pyridine rings is 1. The second-order valence-electron chi connectivity index (χ2n) is 6.27. The predicted molar refractivity (Wildman–Crippen MR) is 110 cm³/mol. The summed E-state index contributed by atoms with van der Waals surface area (Å²) in [5.41, 5.74) is 3.82. The zero-order chi connectivity index (χ0) is 19.8. The lowest BCUT2D eigenvalue weighted by molar-refractivity contribution is 0.203. The summed E-state index contributed by atoms with van der Waals surface area (Å²) in [4.78, 5) is 4.40. The topological polar surface area (TPSA) is 73.6 Å². The van der Waals surface area contributed by atoms with E-state index in [1.807, 2.05) is 24.3 Å². The Morgan fingerprint density at radius 2 is 2.07 bits per heavy atom. The molecule has 1 aromatic heterocycles. The van der Waals surface area contributed by atoms with Crippen LogP contribution in [-0.2, 0) is 0 Å². The summed E-state index contributed by atoms with van der Waals surface area (Å²) in [6.07, 6.45) is 5.45. The predicted octanol–water partition coefficient (Wildman–Crippen LogP) is 4.62. The first-order valence-corrected chi connectivity index (χ1v) is 9.05. The lowest BCUT2D eigenvalue weighted by Crippen LogP contribution is -2.12. The number of benzene rings is 1. The van der Waals surface area contributed by atoms with Crippen molar-refractivity contribution < 1.29 is 15.3 Å². The van der Waals surface area contributed by atoms with Crippen molar-refractivity contribution in [2.24, 2.45) is 0 Å². The maximum atomic E-state index is 10.5. The van der Waals surface area contributed by atoms with Crippen LogP contribution in [0.5, 0.6) is 5.75 Å². The number of hydrogen-bond donors (Lipinski definition) is 3. The zero-order valence-corrected chi connectivity index (χ0v) is 16.0. The summed E-state index contributed by atoms with van der Waals surface area (Å²) in [6.45, 7) is 5.52. The van der Waals surface area contributed by atoms with E-state index in [1.165, 1.54) is 6.07 Å². The summed E-state index contributed by atoms with van der Waals surface area (Å²) in [5, 5.41) is 29.6. The van der Waals surface area contributed by atoms with Crippen LogP contribution in [0.4, 0.5) is 0 Å². The molecule has 27 heavy (non-hydrogen) atoms. The van der Waals surface area contributed by atoms with Crippen LogP contribution in [0, 0.1) is 0 Å². The third-order valence-corrected chi connectivity index (χ3v) is 4.49. The van der Waals surface area contributed by atoms with Gasteiger partial charge in [0, 0.05) is 6.20 Å². The fraction of sp³-hybridized carbons (Fsp3) is 0.227. The van der Waals surface area contributed by atoms with Gasteiger partial charge in [-0.15, -0.1) is 0 Å². The van der Waals surface area contributed by atoms with Crippen molar-refractivity contribution >= 4 is 23.3 Å². The summed E-state index contributed by atoms with van der Waals surface area (Å²) >= 11 is 6.23. The standard InChI is InChI=1S/C22H24ClNO3/c1-15(2)19(10-12-25)22(27)9-7-17(21-5-3-4-11-24-21)13-16-6-8-18(26)14-20(16)23/h3-6,8,10-11,13-14,22,25-27H,1,7,9,12H2,2H3/b17-13-,19-10-. The maximum Gasteiger partial charge on any atom is 0.117 e. The molecule has 142 valence electrons. The molecule has 0 amide bonds. The van der Waals surface area contributed by atoms with E-state index in [0.717, 1.165) is 22.4 Å². The largest absolute Gasteiger partial charge is 0.508 e. The van der Waals surface area contributed by atoms with Crippen LogP contribution in [0.1, 0.15) is 31.0 Å². The van der Waals surface area contributed by atoms with E-state index < -0.39 is 6.10 Å². The summed E-state index contributed by atoms with van der Waals surface area (Å²) in [5.74, 6) is 0.104. The fourth-order valence-electron chi connectivity index (χ4n) is 2.79. The molecule has 3 N–H and O–H groups in total. The van der Waals surface area contributed by atoms with Crippen molar-refractivity contribution in [2.75, 3.05) is 6.61 Å². The monoisotopic (exact) mass is 385 g/mol. The van der Waals surface area contributed by atoms with Gasteiger partial charge in [0.2, 0.25) is 0 Å². The van der Waals surface area contributed by atoms with Gasteiger partial charge in [-0.25, -0.2) is 0 Å². The minimum absolute atomic E-state index is 0.104. The molecule has 0 aliphatic carbocycles. The molecular weight excluding hydrogens is 362 g/mol. The van der Waals surface area contributed by atoms with Crippen LogP contribution in [0.3, 0.4) is 0 Å². The van der Waals surface area contributed by atoms with Crippen molar-refractivity contribution in [1.82, 2.24) is 4.98 Å². The minimum Gasteiger partial charge on any atom is -0.508 e. The van der Waals surface area contributed by atoms with Crippen molar-refractivity contribution in [3.63, 3.8) is 0 Å². The van der Waals surface area contributed by atoms with Crippen molar-refractivity contribution in [1.29, 1.82) is 0 Å². The highest BCUT2D eigenvalue weighted by atomic mass is 35.5. The lowest BCUT2D eigenvalue weighted by atomic mass is 9.95. The number of aliphatic hydroxyl groups excluding tert-OH is 2. The smallest absolute Gasteiger partial charge is 0.117 e. The molecule has 0 bridgehead atoms. The molecule has 0 aliphatic heterocycles. The Morgan fingerprint density at radius 3 is 2.67 bits per heavy atom. The van der Waals surface area contributed by atoms with Crippen LogP contribution < -0.4 is 0 Å². The van der Waals surface area contributed by atoms with Gasteiger partial charge in [-0.3, -0.25) is 4.98 Å². The Bertz CT molecular complexity index is 844. The normalized spacial score (nSPS) is 13.5. The molecule has 5 heteroatoms. The van der Waals surface area contributed by atoms with Crippen molar-refractivity contribution in [3.05, 3.63) is 82.7 Å². The summed E-state index contributed by atoms with van der Waals surface area (Å²) in [6, 6.07) is 10.4. The van der Waals surface area contributed by atoms with Gasteiger partial charge in [0.15, 0.2) is 0 Å². The molecule has 4 nitrogen and oxygen atoms in total. The zero-order valence-electron chi connectivity index (χ0n) is 15.3. The van der Waals surface area contributed by atoms with E-state index in [1.54, 1.807) is 31.3 Å². The molecule has 1 atom stereocenters. The van der Waals surface area contributed by atoms with Crippen molar-refractivity contribution in [3.8, 4) is 5.75 Å². The van der Waals surface area contributed by atoms with Gasteiger partial charge in [-0.1, -0.05) is 35.9 Å². The van der Waals surface area contributed by atoms with E-state index in [0.29, 0.717) is 23.4 Å². The first kappa shape index (κ1) is 20.9. The van der Waals surface area contributed by atoms with Crippen LogP contribution >= 0.6 is 11.6 Å². The highest BCUT2D eigenvalue weighted by Gasteiger charge is 2.14. The van der Waals surface area contributed by atoms with E-state index in [4.69, 9.17) is 16.7 Å². The minimum atomic E-state index is -0.739. The summed E-state index contributed by atoms with van der Waals surface area (Å²) < 4.78 is 0. The van der Waals surface area contributed by atoms with Gasteiger partial charge in [0.25, 0.3) is 0 Å². The molecule has 2 rings (SSSR count). The van der Waals surface area contributed by atoms with E-state index in [2.05, 4.69) is 11.6 Å². The molecule has 1 unspecified atom stereocenters. The molecule has 0 radical (unpaired) electrons.